The summed E-state index contributed by atoms with van der Waals surface area (Å²) in [6, 6.07) is 16.4. The van der Waals surface area contributed by atoms with E-state index in [0.29, 0.717) is 16.9 Å². The van der Waals surface area contributed by atoms with Crippen LogP contribution in [0.1, 0.15) is 22.8 Å². The number of non-ortho nitro benzene ring substituents is 1. The van der Waals surface area contributed by atoms with Gasteiger partial charge in [0.1, 0.15) is 23.1 Å². The fraction of sp³-hybridized carbons (Fsp3) is 0.148. The second-order valence-electron chi connectivity index (χ2n) is 7.52. The molecule has 0 aliphatic rings. The third-order valence-corrected chi connectivity index (χ3v) is 5.11. The molecule has 0 saturated carbocycles. The van der Waals surface area contributed by atoms with Crippen LogP contribution in [0.15, 0.2) is 66.2 Å². The van der Waals surface area contributed by atoms with Gasteiger partial charge in [0.05, 0.1) is 37.0 Å². The predicted molar refractivity (Wildman–Crippen MR) is 137 cm³/mol. The highest BCUT2D eigenvalue weighted by Crippen LogP contribution is 2.31. The summed E-state index contributed by atoms with van der Waals surface area (Å²) in [5.74, 6) is -0.272. The van der Waals surface area contributed by atoms with E-state index < -0.39 is 16.8 Å². The van der Waals surface area contributed by atoms with Crippen LogP contribution in [0.5, 0.6) is 23.0 Å². The summed E-state index contributed by atoms with van der Waals surface area (Å²) in [5.41, 5.74) is 0.199. The number of nitro benzene ring substituents is 1. The van der Waals surface area contributed by atoms with Crippen LogP contribution in [-0.2, 0) is 4.79 Å². The maximum atomic E-state index is 12.8. The fourth-order valence-corrected chi connectivity index (χ4v) is 3.27. The highest BCUT2D eigenvalue weighted by molar-refractivity contribution is 6.10. The number of esters is 1. The van der Waals surface area contributed by atoms with Gasteiger partial charge in [-0.1, -0.05) is 6.07 Å². The molecule has 0 atom stereocenters. The van der Waals surface area contributed by atoms with E-state index in [4.69, 9.17) is 18.9 Å². The third kappa shape index (κ3) is 6.64. The summed E-state index contributed by atoms with van der Waals surface area (Å²) < 4.78 is 21.3. The van der Waals surface area contributed by atoms with E-state index in [-0.39, 0.29) is 40.8 Å². The Balaban J connectivity index is 1.85. The number of nitro groups is 1. The number of hydrogen-bond donors (Lipinski definition) is 1. The fourth-order valence-electron chi connectivity index (χ4n) is 3.27. The summed E-state index contributed by atoms with van der Waals surface area (Å²) in [7, 11) is 2.86. The van der Waals surface area contributed by atoms with Gasteiger partial charge < -0.3 is 24.3 Å². The minimum atomic E-state index is -0.806. The van der Waals surface area contributed by atoms with Gasteiger partial charge in [-0.2, -0.15) is 5.26 Å². The first-order valence-corrected chi connectivity index (χ1v) is 11.2. The number of nitriles is 1. The van der Waals surface area contributed by atoms with Crippen LogP contribution in [0.25, 0.3) is 6.08 Å². The van der Waals surface area contributed by atoms with Crippen molar-refractivity contribution in [1.82, 2.24) is 0 Å². The van der Waals surface area contributed by atoms with Crippen molar-refractivity contribution in [2.75, 3.05) is 26.1 Å². The number of hydrogen-bond acceptors (Lipinski definition) is 9. The first kappa shape index (κ1) is 27.2. The van der Waals surface area contributed by atoms with E-state index in [1.807, 2.05) is 6.07 Å². The van der Waals surface area contributed by atoms with Gasteiger partial charge in [-0.15, -0.1) is 0 Å². The van der Waals surface area contributed by atoms with Crippen LogP contribution >= 0.6 is 0 Å². The number of benzene rings is 3. The lowest BCUT2D eigenvalue weighted by Gasteiger charge is -2.12. The molecule has 0 saturated heterocycles. The van der Waals surface area contributed by atoms with Crippen molar-refractivity contribution in [1.29, 1.82) is 5.26 Å². The molecule has 38 heavy (non-hydrogen) atoms. The lowest BCUT2D eigenvalue weighted by molar-refractivity contribution is -0.384. The zero-order valence-electron chi connectivity index (χ0n) is 20.7. The molecule has 3 rings (SSSR count). The molecule has 3 aromatic carbocycles. The molecule has 194 valence electrons. The summed E-state index contributed by atoms with van der Waals surface area (Å²) in [4.78, 5) is 35.8. The SMILES string of the molecule is CCOc1cc(/C=C(\C#N)C(=O)Nc2cc([N+](=O)[O-])ccc2OC)ccc1OC(=O)c1ccc(OC)cc1. The van der Waals surface area contributed by atoms with Crippen molar-refractivity contribution in [2.24, 2.45) is 0 Å². The van der Waals surface area contributed by atoms with Gasteiger partial charge in [0, 0.05) is 12.1 Å². The topological polar surface area (TPSA) is 150 Å². The molecule has 3 aromatic rings. The Hall–Kier alpha value is -5.37. The highest BCUT2D eigenvalue weighted by Gasteiger charge is 2.18. The molecular weight excluding hydrogens is 494 g/mol. The minimum Gasteiger partial charge on any atom is -0.497 e. The first-order chi connectivity index (χ1) is 18.3. The number of carbonyl (C=O) groups excluding carboxylic acids is 2. The van der Waals surface area contributed by atoms with E-state index in [2.05, 4.69) is 5.32 Å². The number of amides is 1. The molecule has 0 bridgehead atoms. The van der Waals surface area contributed by atoms with Crippen molar-refractivity contribution in [3.8, 4) is 29.1 Å². The Morgan fingerprint density at radius 3 is 2.32 bits per heavy atom. The summed E-state index contributed by atoms with van der Waals surface area (Å²) >= 11 is 0. The molecule has 11 nitrogen and oxygen atoms in total. The molecule has 0 aliphatic heterocycles. The van der Waals surface area contributed by atoms with Crippen LogP contribution in [0.3, 0.4) is 0 Å². The zero-order valence-corrected chi connectivity index (χ0v) is 20.7. The van der Waals surface area contributed by atoms with E-state index in [9.17, 15) is 25.0 Å². The quantitative estimate of drug-likeness (QED) is 0.100. The maximum Gasteiger partial charge on any atom is 0.343 e. The predicted octanol–water partition coefficient (Wildman–Crippen LogP) is 4.78. The number of methoxy groups -OCH3 is 2. The van der Waals surface area contributed by atoms with Crippen LogP contribution < -0.4 is 24.3 Å². The van der Waals surface area contributed by atoms with E-state index in [0.717, 1.165) is 6.07 Å². The number of carbonyl (C=O) groups is 2. The van der Waals surface area contributed by atoms with Crippen molar-refractivity contribution in [3.63, 3.8) is 0 Å². The molecular formula is C27H23N3O8. The number of rotatable bonds is 10. The Labute approximate surface area is 218 Å². The van der Waals surface area contributed by atoms with Gasteiger partial charge in [-0.3, -0.25) is 14.9 Å². The number of nitrogens with zero attached hydrogens (tertiary/aromatic N) is 2. The molecule has 0 aromatic heterocycles. The second-order valence-corrected chi connectivity index (χ2v) is 7.52. The summed E-state index contributed by atoms with van der Waals surface area (Å²) in [6.45, 7) is 2.01. The van der Waals surface area contributed by atoms with Gasteiger partial charge >= 0.3 is 5.97 Å². The monoisotopic (exact) mass is 517 g/mol. The zero-order chi connectivity index (χ0) is 27.7. The van der Waals surface area contributed by atoms with Crippen molar-refractivity contribution < 1.29 is 33.5 Å². The van der Waals surface area contributed by atoms with Crippen molar-refractivity contribution >= 4 is 29.3 Å². The minimum absolute atomic E-state index is 0.0312. The molecule has 1 N–H and O–H groups in total. The maximum absolute atomic E-state index is 12.8. The van der Waals surface area contributed by atoms with E-state index in [1.54, 1.807) is 31.2 Å². The van der Waals surface area contributed by atoms with Crippen LogP contribution in [-0.4, -0.2) is 37.6 Å². The number of anilines is 1. The van der Waals surface area contributed by atoms with Crippen molar-refractivity contribution in [3.05, 3.63) is 87.5 Å². The molecule has 0 aliphatic carbocycles. The van der Waals surface area contributed by atoms with Crippen LogP contribution in [0.4, 0.5) is 11.4 Å². The molecule has 0 fully saturated rings. The van der Waals surface area contributed by atoms with Gasteiger partial charge in [0.2, 0.25) is 0 Å². The summed E-state index contributed by atoms with van der Waals surface area (Å²) in [6.07, 6.45) is 1.30. The molecule has 11 heteroatoms. The van der Waals surface area contributed by atoms with E-state index >= 15 is 0 Å². The molecule has 0 radical (unpaired) electrons. The average molecular weight is 517 g/mol. The van der Waals surface area contributed by atoms with Gasteiger partial charge in [-0.25, -0.2) is 4.79 Å². The van der Waals surface area contributed by atoms with Crippen LogP contribution in [0, 0.1) is 21.4 Å². The van der Waals surface area contributed by atoms with E-state index in [1.165, 1.54) is 50.6 Å². The Morgan fingerprint density at radius 1 is 1.00 bits per heavy atom. The van der Waals surface area contributed by atoms with Gasteiger partial charge in [0.15, 0.2) is 11.5 Å². The van der Waals surface area contributed by atoms with Gasteiger partial charge in [0.25, 0.3) is 11.6 Å². The first-order valence-electron chi connectivity index (χ1n) is 11.2. The Morgan fingerprint density at radius 2 is 1.71 bits per heavy atom. The average Bonchev–Trinajstić information content (AvgIpc) is 2.92. The molecule has 1 amide bonds. The van der Waals surface area contributed by atoms with Crippen molar-refractivity contribution in [2.45, 2.75) is 6.92 Å². The highest BCUT2D eigenvalue weighted by atomic mass is 16.6. The number of ether oxygens (including phenoxy) is 4. The van der Waals surface area contributed by atoms with Crippen LogP contribution in [0.2, 0.25) is 0 Å². The second kappa shape index (κ2) is 12.5. The smallest absolute Gasteiger partial charge is 0.343 e. The van der Waals surface area contributed by atoms with Gasteiger partial charge in [-0.05, 0) is 61.0 Å². The largest absolute Gasteiger partial charge is 0.497 e. The normalized spacial score (nSPS) is 10.6. The summed E-state index contributed by atoms with van der Waals surface area (Å²) in [5, 5.41) is 23.1. The Kier molecular flexibility index (Phi) is 8.99. The molecule has 0 heterocycles. The molecule has 0 spiro atoms. The standard InChI is InChI=1S/C27H23N3O8/c1-4-37-25-14-17(5-11-24(25)38-27(32)18-6-9-21(35-2)10-7-18)13-19(16-28)26(31)29-22-15-20(30(33)34)8-12-23(22)36-3/h5-15H,4H2,1-3H3,(H,29,31)/b19-13+. The number of nitrogens with one attached hydrogen (secondary N) is 1. The lowest BCUT2D eigenvalue weighted by Crippen LogP contribution is -2.14. The third-order valence-electron chi connectivity index (χ3n) is 5.11. The Bertz CT molecular complexity index is 1430. The molecule has 0 unspecified atom stereocenters. The lowest BCUT2D eigenvalue weighted by atomic mass is 10.1.